The third kappa shape index (κ3) is 2.01. The number of hydrogen-bond acceptors (Lipinski definition) is 3. The Bertz CT molecular complexity index is 545. The van der Waals surface area contributed by atoms with Crippen LogP contribution in [-0.4, -0.2) is 16.1 Å². The van der Waals surface area contributed by atoms with Gasteiger partial charge in [-0.3, -0.25) is 4.79 Å². The molecule has 1 saturated carbocycles. The largest absolute Gasteiger partial charge is 0.481 e. The number of rotatable bonds is 2. The van der Waals surface area contributed by atoms with E-state index in [9.17, 15) is 9.90 Å². The maximum atomic E-state index is 11.3. The van der Waals surface area contributed by atoms with Crippen LogP contribution in [0, 0.1) is 5.92 Å². The van der Waals surface area contributed by atoms with Gasteiger partial charge in [0.2, 0.25) is 0 Å². The average Bonchev–Trinajstić information content (AvgIpc) is 2.82. The lowest BCUT2D eigenvalue weighted by Crippen LogP contribution is -2.25. The normalized spacial score (nSPS) is 24.2. The van der Waals surface area contributed by atoms with Crippen LogP contribution in [0.5, 0.6) is 0 Å². The van der Waals surface area contributed by atoms with E-state index < -0.39 is 5.97 Å². The molecular formula is C14H15NO2S. The first kappa shape index (κ1) is 11.7. The molecule has 1 aliphatic rings. The summed E-state index contributed by atoms with van der Waals surface area (Å²) in [5.74, 6) is -0.813. The first-order valence-corrected chi connectivity index (χ1v) is 7.15. The summed E-state index contributed by atoms with van der Waals surface area (Å²) in [6.45, 7) is 0. The number of carboxylic acid groups (broad SMARTS) is 1. The molecule has 1 heterocycles. The molecule has 0 saturated heterocycles. The fraction of sp³-hybridized carbons (Fsp3) is 0.429. The van der Waals surface area contributed by atoms with Crippen LogP contribution in [-0.2, 0) is 4.79 Å². The number of thiazole rings is 1. The van der Waals surface area contributed by atoms with Gasteiger partial charge in [-0.2, -0.15) is 0 Å². The molecule has 1 aromatic heterocycles. The number of aliphatic carboxylic acids is 1. The monoisotopic (exact) mass is 261 g/mol. The number of benzene rings is 1. The van der Waals surface area contributed by atoms with Crippen molar-refractivity contribution in [3.63, 3.8) is 0 Å². The van der Waals surface area contributed by atoms with Crippen LogP contribution < -0.4 is 0 Å². The van der Waals surface area contributed by atoms with E-state index in [1.165, 1.54) is 0 Å². The number of carbonyl (C=O) groups is 1. The zero-order chi connectivity index (χ0) is 12.5. The van der Waals surface area contributed by atoms with Crippen molar-refractivity contribution >= 4 is 27.5 Å². The molecule has 0 bridgehead atoms. The zero-order valence-electron chi connectivity index (χ0n) is 10.0. The quantitative estimate of drug-likeness (QED) is 0.897. The number of hydrogen-bond donors (Lipinski definition) is 1. The number of carboxylic acids is 1. The number of fused-ring (bicyclic) bond motifs is 1. The first-order valence-electron chi connectivity index (χ1n) is 6.34. The first-order chi connectivity index (χ1) is 8.75. The molecule has 0 amide bonds. The highest BCUT2D eigenvalue weighted by molar-refractivity contribution is 7.18. The second-order valence-corrected chi connectivity index (χ2v) is 5.92. The maximum Gasteiger partial charge on any atom is 0.307 e. The van der Waals surface area contributed by atoms with Crippen LogP contribution in [0.15, 0.2) is 24.3 Å². The number of nitrogens with zero attached hydrogens (tertiary/aromatic N) is 1. The Morgan fingerprint density at radius 3 is 2.83 bits per heavy atom. The van der Waals surface area contributed by atoms with E-state index in [0.29, 0.717) is 0 Å². The molecule has 0 aliphatic heterocycles. The van der Waals surface area contributed by atoms with Gasteiger partial charge in [0.05, 0.1) is 21.1 Å². The molecule has 18 heavy (non-hydrogen) atoms. The van der Waals surface area contributed by atoms with E-state index in [4.69, 9.17) is 0 Å². The van der Waals surface area contributed by atoms with Gasteiger partial charge in [0.15, 0.2) is 0 Å². The third-order valence-corrected chi connectivity index (χ3v) is 4.88. The molecule has 1 aliphatic carbocycles. The molecule has 0 radical (unpaired) electrons. The summed E-state index contributed by atoms with van der Waals surface area (Å²) >= 11 is 1.65. The molecule has 3 nitrogen and oxygen atoms in total. The Kier molecular flexibility index (Phi) is 3.04. The highest BCUT2D eigenvalue weighted by Crippen LogP contribution is 2.40. The highest BCUT2D eigenvalue weighted by Gasteiger charge is 2.33. The molecule has 1 aromatic carbocycles. The molecule has 2 atom stereocenters. The Balaban J connectivity index is 1.98. The van der Waals surface area contributed by atoms with Crippen molar-refractivity contribution in [2.24, 2.45) is 5.92 Å². The SMILES string of the molecule is O=C(O)[C@H]1CCCC[C@H]1c1nc2ccccc2s1. The minimum atomic E-state index is -0.668. The van der Waals surface area contributed by atoms with Crippen molar-refractivity contribution in [2.75, 3.05) is 0 Å². The van der Waals surface area contributed by atoms with Crippen molar-refractivity contribution < 1.29 is 9.90 Å². The highest BCUT2D eigenvalue weighted by atomic mass is 32.1. The van der Waals surface area contributed by atoms with Crippen LogP contribution in [0.25, 0.3) is 10.2 Å². The van der Waals surface area contributed by atoms with Crippen LogP contribution in [0.2, 0.25) is 0 Å². The Morgan fingerprint density at radius 1 is 1.28 bits per heavy atom. The van der Waals surface area contributed by atoms with E-state index in [0.717, 1.165) is 40.9 Å². The van der Waals surface area contributed by atoms with Crippen molar-refractivity contribution in [1.82, 2.24) is 4.98 Å². The van der Waals surface area contributed by atoms with Crippen molar-refractivity contribution in [3.8, 4) is 0 Å². The van der Waals surface area contributed by atoms with Gasteiger partial charge in [0.25, 0.3) is 0 Å². The Labute approximate surface area is 109 Å². The molecule has 1 N–H and O–H groups in total. The van der Waals surface area contributed by atoms with Crippen molar-refractivity contribution in [3.05, 3.63) is 29.3 Å². The Hall–Kier alpha value is -1.42. The van der Waals surface area contributed by atoms with Gasteiger partial charge in [-0.15, -0.1) is 11.3 Å². The van der Waals surface area contributed by atoms with E-state index >= 15 is 0 Å². The summed E-state index contributed by atoms with van der Waals surface area (Å²) < 4.78 is 1.15. The van der Waals surface area contributed by atoms with Gasteiger partial charge in [-0.1, -0.05) is 25.0 Å². The van der Waals surface area contributed by atoms with E-state index in [1.54, 1.807) is 11.3 Å². The lowest BCUT2D eigenvalue weighted by molar-refractivity contribution is -0.143. The summed E-state index contributed by atoms with van der Waals surface area (Å²) in [7, 11) is 0. The number of aromatic nitrogens is 1. The molecule has 94 valence electrons. The molecule has 0 spiro atoms. The van der Waals surface area contributed by atoms with Gasteiger partial charge in [-0.05, 0) is 25.0 Å². The van der Waals surface area contributed by atoms with Gasteiger partial charge in [0, 0.05) is 5.92 Å². The molecule has 4 heteroatoms. The zero-order valence-corrected chi connectivity index (χ0v) is 10.8. The van der Waals surface area contributed by atoms with Gasteiger partial charge >= 0.3 is 5.97 Å². The van der Waals surface area contributed by atoms with Gasteiger partial charge < -0.3 is 5.11 Å². The Morgan fingerprint density at radius 2 is 2.06 bits per heavy atom. The summed E-state index contributed by atoms with van der Waals surface area (Å²) in [6, 6.07) is 8.02. The fourth-order valence-corrected chi connectivity index (χ4v) is 3.94. The molecular weight excluding hydrogens is 246 g/mol. The standard InChI is InChI=1S/C14H15NO2S/c16-14(17)10-6-2-1-5-9(10)13-15-11-7-3-4-8-12(11)18-13/h3-4,7-10H,1-2,5-6H2,(H,16,17)/t9-,10+/m1/s1. The van der Waals surface area contributed by atoms with Crippen LogP contribution in [0.4, 0.5) is 0 Å². The summed E-state index contributed by atoms with van der Waals surface area (Å²) in [5.41, 5.74) is 0.993. The smallest absolute Gasteiger partial charge is 0.307 e. The second-order valence-electron chi connectivity index (χ2n) is 4.86. The predicted molar refractivity (Wildman–Crippen MR) is 72.0 cm³/mol. The summed E-state index contributed by atoms with van der Waals surface area (Å²) in [4.78, 5) is 16.0. The van der Waals surface area contributed by atoms with Crippen molar-refractivity contribution in [1.29, 1.82) is 0 Å². The van der Waals surface area contributed by atoms with E-state index in [1.807, 2.05) is 18.2 Å². The minimum absolute atomic E-state index is 0.105. The number of para-hydroxylation sites is 1. The van der Waals surface area contributed by atoms with Gasteiger partial charge in [-0.25, -0.2) is 4.98 Å². The van der Waals surface area contributed by atoms with Crippen LogP contribution >= 0.6 is 11.3 Å². The summed E-state index contributed by atoms with van der Waals surface area (Å²) in [6.07, 6.45) is 3.88. The average molecular weight is 261 g/mol. The van der Waals surface area contributed by atoms with E-state index in [2.05, 4.69) is 11.1 Å². The molecule has 1 fully saturated rings. The van der Waals surface area contributed by atoms with Crippen molar-refractivity contribution in [2.45, 2.75) is 31.6 Å². The second kappa shape index (κ2) is 4.69. The molecule has 2 aromatic rings. The fourth-order valence-electron chi connectivity index (χ4n) is 2.77. The minimum Gasteiger partial charge on any atom is -0.481 e. The molecule has 0 unspecified atom stereocenters. The lowest BCUT2D eigenvalue weighted by Gasteiger charge is -2.26. The molecule has 3 rings (SSSR count). The predicted octanol–water partition coefficient (Wildman–Crippen LogP) is 3.65. The topological polar surface area (TPSA) is 50.2 Å². The third-order valence-electron chi connectivity index (χ3n) is 3.71. The van der Waals surface area contributed by atoms with E-state index in [-0.39, 0.29) is 11.8 Å². The summed E-state index contributed by atoms with van der Waals surface area (Å²) in [5, 5.41) is 10.3. The van der Waals surface area contributed by atoms with Crippen LogP contribution in [0.1, 0.15) is 36.6 Å². The van der Waals surface area contributed by atoms with Crippen LogP contribution in [0.3, 0.4) is 0 Å². The maximum absolute atomic E-state index is 11.3. The van der Waals surface area contributed by atoms with Gasteiger partial charge in [0.1, 0.15) is 0 Å². The lowest BCUT2D eigenvalue weighted by atomic mass is 9.79.